The van der Waals surface area contributed by atoms with Gasteiger partial charge in [0.15, 0.2) is 0 Å². The minimum absolute atomic E-state index is 0.148. The van der Waals surface area contributed by atoms with Crippen LogP contribution in [0.15, 0.2) is 114 Å². The van der Waals surface area contributed by atoms with Crippen molar-refractivity contribution in [3.05, 3.63) is 136 Å². The van der Waals surface area contributed by atoms with Gasteiger partial charge in [0.05, 0.1) is 13.2 Å². The second-order valence-electron chi connectivity index (χ2n) is 12.6. The number of hydrogen-bond acceptors (Lipinski definition) is 6. The van der Waals surface area contributed by atoms with Crippen molar-refractivity contribution in [3.63, 3.8) is 0 Å². The molecule has 1 amide bonds. The first-order valence-corrected chi connectivity index (χ1v) is 17.7. The number of carbonyl (C=O) groups excluding carboxylic acids is 2. The molecule has 0 spiro atoms. The predicted octanol–water partition coefficient (Wildman–Crippen LogP) is 7.98. The number of methoxy groups -OCH3 is 1. The first-order chi connectivity index (χ1) is 24.7. The number of benzene rings is 4. The highest BCUT2D eigenvalue weighted by molar-refractivity contribution is 9.10. The van der Waals surface area contributed by atoms with E-state index in [0.29, 0.717) is 10.0 Å². The summed E-state index contributed by atoms with van der Waals surface area (Å²) in [6.45, 7) is 1.35. The SMILES string of the molecule is COC(=O)[C@H](CS)N(C(=O)[C@H](CC(C)(C)F)N[C@@](C#CCO)(c1ccc(Br)cc1)C(F)(F)F)c1cccc(C(c2ccccc2)c2ccccc2)c1. The molecule has 4 aromatic carbocycles. The molecule has 4 rings (SSSR count). The molecule has 3 atom stereocenters. The van der Waals surface area contributed by atoms with E-state index in [4.69, 9.17) is 4.74 Å². The van der Waals surface area contributed by atoms with Gasteiger partial charge in [-0.1, -0.05) is 113 Å². The highest BCUT2D eigenvalue weighted by atomic mass is 79.9. The van der Waals surface area contributed by atoms with Gasteiger partial charge in [-0.05, 0) is 60.4 Å². The molecule has 0 aliphatic rings. The van der Waals surface area contributed by atoms with Gasteiger partial charge in [-0.2, -0.15) is 25.8 Å². The van der Waals surface area contributed by atoms with Crippen LogP contribution in [-0.4, -0.2) is 60.4 Å². The lowest BCUT2D eigenvalue weighted by molar-refractivity contribution is -0.185. The van der Waals surface area contributed by atoms with Gasteiger partial charge in [0.1, 0.15) is 18.3 Å². The first-order valence-electron chi connectivity index (χ1n) is 16.3. The normalized spacial score (nSPS) is 14.1. The Kier molecular flexibility index (Phi) is 13.7. The Bertz CT molecular complexity index is 1820. The Labute approximate surface area is 315 Å². The number of nitrogens with one attached hydrogen (secondary N) is 1. The molecule has 0 saturated carbocycles. The van der Waals surface area contributed by atoms with Crippen LogP contribution in [0.25, 0.3) is 0 Å². The maximum atomic E-state index is 15.6. The average molecular weight is 800 g/mol. The molecule has 52 heavy (non-hydrogen) atoms. The van der Waals surface area contributed by atoms with E-state index in [1.807, 2.05) is 66.7 Å². The summed E-state index contributed by atoms with van der Waals surface area (Å²) >= 11 is 7.57. The van der Waals surface area contributed by atoms with E-state index in [-0.39, 0.29) is 17.4 Å². The second kappa shape index (κ2) is 17.6. The molecule has 0 bridgehead atoms. The lowest BCUT2D eigenvalue weighted by Crippen LogP contribution is -2.63. The number of ether oxygens (including phenoxy) is 1. The molecular weight excluding hydrogens is 760 g/mol. The number of alkyl halides is 4. The number of esters is 1. The molecule has 0 saturated heterocycles. The Morgan fingerprint density at radius 1 is 0.885 bits per heavy atom. The van der Waals surface area contributed by atoms with Gasteiger partial charge in [-0.3, -0.25) is 15.0 Å². The Morgan fingerprint density at radius 3 is 1.92 bits per heavy atom. The number of aliphatic hydroxyl groups is 1. The van der Waals surface area contributed by atoms with Crippen molar-refractivity contribution >= 4 is 46.1 Å². The van der Waals surface area contributed by atoms with E-state index < -0.39 is 59.9 Å². The molecule has 274 valence electrons. The summed E-state index contributed by atoms with van der Waals surface area (Å²) in [5.74, 6) is 1.63. The molecule has 0 radical (unpaired) electrons. The number of aliphatic hydroxyl groups excluding tert-OH is 1. The van der Waals surface area contributed by atoms with Crippen LogP contribution in [0.2, 0.25) is 0 Å². The van der Waals surface area contributed by atoms with Crippen LogP contribution in [0, 0.1) is 11.8 Å². The largest absolute Gasteiger partial charge is 0.467 e. The summed E-state index contributed by atoms with van der Waals surface area (Å²) in [5, 5.41) is 11.9. The number of carbonyl (C=O) groups is 2. The zero-order chi connectivity index (χ0) is 38.1. The van der Waals surface area contributed by atoms with Crippen LogP contribution >= 0.6 is 28.6 Å². The summed E-state index contributed by atoms with van der Waals surface area (Å²) in [6, 6.07) is 27.6. The van der Waals surface area contributed by atoms with E-state index in [1.165, 1.54) is 12.1 Å². The summed E-state index contributed by atoms with van der Waals surface area (Å²) in [6.07, 6.45) is -5.94. The number of halogens is 5. The zero-order valence-electron chi connectivity index (χ0n) is 28.7. The van der Waals surface area contributed by atoms with Crippen LogP contribution in [0.5, 0.6) is 0 Å². The molecule has 0 aromatic heterocycles. The molecule has 0 unspecified atom stereocenters. The quantitative estimate of drug-likeness (QED) is 0.0421. The van der Waals surface area contributed by atoms with Crippen molar-refractivity contribution in [1.29, 1.82) is 0 Å². The summed E-state index contributed by atoms with van der Waals surface area (Å²) in [4.78, 5) is 29.2. The van der Waals surface area contributed by atoms with Gasteiger partial charge in [-0.15, -0.1) is 0 Å². The number of amides is 1. The molecule has 2 N–H and O–H groups in total. The number of nitrogens with zero attached hydrogens (tertiary/aromatic N) is 1. The fourth-order valence-corrected chi connectivity index (χ4v) is 6.65. The number of rotatable bonds is 13. The number of thiol groups is 1. The van der Waals surface area contributed by atoms with Crippen LogP contribution in [0.3, 0.4) is 0 Å². The van der Waals surface area contributed by atoms with Crippen LogP contribution in [0.1, 0.15) is 48.4 Å². The third-order valence-electron chi connectivity index (χ3n) is 8.38. The molecule has 4 aromatic rings. The van der Waals surface area contributed by atoms with Crippen molar-refractivity contribution in [2.75, 3.05) is 24.4 Å². The fraction of sp³-hybridized carbons (Fsp3) is 0.300. The van der Waals surface area contributed by atoms with Gasteiger partial charge < -0.3 is 9.84 Å². The van der Waals surface area contributed by atoms with E-state index in [0.717, 1.165) is 49.1 Å². The topological polar surface area (TPSA) is 78.9 Å². The van der Waals surface area contributed by atoms with Gasteiger partial charge in [0, 0.05) is 28.3 Å². The lowest BCUT2D eigenvalue weighted by atomic mass is 9.85. The minimum atomic E-state index is -5.18. The maximum Gasteiger partial charge on any atom is 0.422 e. The van der Waals surface area contributed by atoms with Gasteiger partial charge in [0.25, 0.3) is 0 Å². The highest BCUT2D eigenvalue weighted by Crippen LogP contribution is 2.41. The summed E-state index contributed by atoms with van der Waals surface area (Å²) in [7, 11) is 1.12. The van der Waals surface area contributed by atoms with Crippen molar-refractivity contribution < 1.29 is 37.0 Å². The molecule has 0 fully saturated rings. The third kappa shape index (κ3) is 9.63. The van der Waals surface area contributed by atoms with E-state index in [2.05, 4.69) is 45.7 Å². The standard InChI is InChI=1S/C40H39BrF4N2O4S/c1-38(2,42)25-33(46-39(22-11-23-48,40(43,44)45)30-18-20-31(41)21-19-30)36(49)47(34(26-52)37(50)51-3)32-17-10-16-29(24-32)35(27-12-6-4-7-13-27)28-14-8-5-9-15-28/h4-10,12-21,24,33-35,46,48,52H,23,25-26H2,1-3H3/t33-,34-,39-/m0/s1. The number of hydrogen-bond donors (Lipinski definition) is 3. The molecular formula is C40H39BrF4N2O4S. The van der Waals surface area contributed by atoms with Crippen LogP contribution in [0.4, 0.5) is 23.2 Å². The predicted molar refractivity (Wildman–Crippen MR) is 201 cm³/mol. The molecule has 0 aliphatic carbocycles. The highest BCUT2D eigenvalue weighted by Gasteiger charge is 2.57. The molecule has 6 nitrogen and oxygen atoms in total. The summed E-state index contributed by atoms with van der Waals surface area (Å²) in [5.41, 5.74) is -3.13. The van der Waals surface area contributed by atoms with Crippen molar-refractivity contribution in [2.24, 2.45) is 0 Å². The molecule has 0 heterocycles. The second-order valence-corrected chi connectivity index (χ2v) is 13.9. The number of anilines is 1. The molecule has 0 aliphatic heterocycles. The first kappa shape index (κ1) is 40.6. The van der Waals surface area contributed by atoms with Gasteiger partial charge in [0.2, 0.25) is 11.4 Å². The lowest BCUT2D eigenvalue weighted by Gasteiger charge is -2.40. The Balaban J connectivity index is 1.96. The van der Waals surface area contributed by atoms with E-state index >= 15 is 17.6 Å². The van der Waals surface area contributed by atoms with Crippen LogP contribution < -0.4 is 10.2 Å². The smallest absolute Gasteiger partial charge is 0.422 e. The average Bonchev–Trinajstić information content (AvgIpc) is 3.12. The van der Waals surface area contributed by atoms with Crippen molar-refractivity contribution in [2.45, 2.75) is 55.7 Å². The third-order valence-corrected chi connectivity index (χ3v) is 9.25. The monoisotopic (exact) mass is 798 g/mol. The minimum Gasteiger partial charge on any atom is -0.467 e. The van der Waals surface area contributed by atoms with Crippen molar-refractivity contribution in [1.82, 2.24) is 5.32 Å². The maximum absolute atomic E-state index is 15.6. The van der Waals surface area contributed by atoms with E-state index in [9.17, 15) is 14.7 Å². The zero-order valence-corrected chi connectivity index (χ0v) is 31.2. The van der Waals surface area contributed by atoms with E-state index in [1.54, 1.807) is 18.2 Å². The van der Waals surface area contributed by atoms with Gasteiger partial charge >= 0.3 is 12.1 Å². The Hall–Kier alpha value is -4.15. The van der Waals surface area contributed by atoms with Gasteiger partial charge in [-0.25, -0.2) is 9.18 Å². The Morgan fingerprint density at radius 2 is 1.44 bits per heavy atom. The van der Waals surface area contributed by atoms with Crippen molar-refractivity contribution in [3.8, 4) is 11.8 Å². The van der Waals surface area contributed by atoms with Crippen LogP contribution in [-0.2, 0) is 19.9 Å². The summed E-state index contributed by atoms with van der Waals surface area (Å²) < 4.78 is 67.2. The molecule has 12 heteroatoms. The fourth-order valence-electron chi connectivity index (χ4n) is 6.08.